The third-order valence-corrected chi connectivity index (χ3v) is 5.07. The minimum absolute atomic E-state index is 0.187. The Morgan fingerprint density at radius 1 is 0.968 bits per heavy atom. The summed E-state index contributed by atoms with van der Waals surface area (Å²) in [5.74, 6) is 0.599. The van der Waals surface area contributed by atoms with Crippen LogP contribution in [0, 0.1) is 0 Å². The van der Waals surface area contributed by atoms with Crippen LogP contribution in [0.1, 0.15) is 11.6 Å². The molecule has 1 amide bonds. The molecule has 2 N–H and O–H groups in total. The van der Waals surface area contributed by atoms with Gasteiger partial charge in [-0.3, -0.25) is 4.79 Å². The highest BCUT2D eigenvalue weighted by molar-refractivity contribution is 5.94. The molecular weight excluding hydrogens is 390 g/mol. The summed E-state index contributed by atoms with van der Waals surface area (Å²) < 4.78 is 1.48. The molecule has 0 spiro atoms. The smallest absolute Gasteiger partial charge is 0.249 e. The molecule has 1 unspecified atom stereocenters. The van der Waals surface area contributed by atoms with Gasteiger partial charge in [0.05, 0.1) is 11.0 Å². The second-order valence-electron chi connectivity index (χ2n) is 7.16. The lowest BCUT2D eigenvalue weighted by Gasteiger charge is -2.16. The molecular formula is C23H19N7O. The molecule has 2 heterocycles. The first kappa shape index (κ1) is 18.7. The van der Waals surface area contributed by atoms with E-state index >= 15 is 0 Å². The van der Waals surface area contributed by atoms with Gasteiger partial charge in [0, 0.05) is 17.7 Å². The number of tetrazole rings is 1. The van der Waals surface area contributed by atoms with Gasteiger partial charge in [-0.25, -0.2) is 9.67 Å². The van der Waals surface area contributed by atoms with E-state index < -0.39 is 6.04 Å². The van der Waals surface area contributed by atoms with Crippen molar-refractivity contribution in [3.8, 4) is 11.4 Å². The van der Waals surface area contributed by atoms with E-state index in [9.17, 15) is 4.79 Å². The van der Waals surface area contributed by atoms with Crippen LogP contribution in [-0.2, 0) is 11.2 Å². The fourth-order valence-electron chi connectivity index (χ4n) is 3.48. The van der Waals surface area contributed by atoms with Gasteiger partial charge in [-0.2, -0.15) is 0 Å². The molecule has 152 valence electrons. The molecule has 5 rings (SSSR count). The van der Waals surface area contributed by atoms with Gasteiger partial charge in [0.2, 0.25) is 5.91 Å². The number of anilines is 1. The number of H-pyrrole nitrogens is 1. The van der Waals surface area contributed by atoms with Crippen LogP contribution in [-0.4, -0.2) is 36.1 Å². The van der Waals surface area contributed by atoms with Gasteiger partial charge < -0.3 is 10.3 Å². The SMILES string of the molecule is O=C(Nc1ccc(-c2nc3ccccc3[nH]2)cc1)C(Cc1ccccc1)n1cnnn1. The van der Waals surface area contributed by atoms with Crippen LogP contribution in [0.25, 0.3) is 22.4 Å². The van der Waals surface area contributed by atoms with Crippen LogP contribution in [0.15, 0.2) is 85.2 Å². The number of imidazole rings is 1. The van der Waals surface area contributed by atoms with Crippen molar-refractivity contribution in [2.45, 2.75) is 12.5 Å². The molecule has 0 fully saturated rings. The Labute approximate surface area is 178 Å². The Hall–Kier alpha value is -4.33. The molecule has 5 aromatic rings. The van der Waals surface area contributed by atoms with Crippen molar-refractivity contribution in [1.82, 2.24) is 30.2 Å². The number of hydrogen-bond donors (Lipinski definition) is 2. The molecule has 0 aliphatic carbocycles. The second kappa shape index (κ2) is 8.19. The number of carbonyl (C=O) groups is 1. The highest BCUT2D eigenvalue weighted by Crippen LogP contribution is 2.23. The van der Waals surface area contributed by atoms with E-state index in [1.54, 1.807) is 0 Å². The van der Waals surface area contributed by atoms with Gasteiger partial charge in [0.25, 0.3) is 0 Å². The second-order valence-corrected chi connectivity index (χ2v) is 7.16. The third-order valence-electron chi connectivity index (χ3n) is 5.07. The zero-order valence-electron chi connectivity index (χ0n) is 16.5. The normalized spacial score (nSPS) is 12.0. The third kappa shape index (κ3) is 4.04. The van der Waals surface area contributed by atoms with Crippen molar-refractivity contribution in [3.05, 3.63) is 90.8 Å². The Balaban J connectivity index is 1.34. The number of para-hydroxylation sites is 2. The molecule has 0 saturated heterocycles. The quantitative estimate of drug-likeness (QED) is 0.446. The molecule has 0 bridgehead atoms. The van der Waals surface area contributed by atoms with E-state index in [0.717, 1.165) is 28.0 Å². The summed E-state index contributed by atoms with van der Waals surface area (Å²) in [6, 6.07) is 24.7. The summed E-state index contributed by atoms with van der Waals surface area (Å²) >= 11 is 0. The number of amides is 1. The predicted octanol–water partition coefficient (Wildman–Crippen LogP) is 3.64. The maximum Gasteiger partial charge on any atom is 0.249 e. The number of aromatic nitrogens is 6. The van der Waals surface area contributed by atoms with Gasteiger partial charge >= 0.3 is 0 Å². The summed E-state index contributed by atoms with van der Waals surface area (Å²) in [6.07, 6.45) is 1.94. The van der Waals surface area contributed by atoms with Gasteiger partial charge in [0.15, 0.2) is 0 Å². The first-order valence-corrected chi connectivity index (χ1v) is 9.89. The van der Waals surface area contributed by atoms with Crippen molar-refractivity contribution >= 4 is 22.6 Å². The van der Waals surface area contributed by atoms with Gasteiger partial charge in [-0.15, -0.1) is 5.10 Å². The van der Waals surface area contributed by atoms with Crippen LogP contribution in [0.3, 0.4) is 0 Å². The monoisotopic (exact) mass is 409 g/mol. The highest BCUT2D eigenvalue weighted by Gasteiger charge is 2.22. The summed E-state index contributed by atoms with van der Waals surface area (Å²) in [6.45, 7) is 0. The number of benzene rings is 3. The van der Waals surface area contributed by atoms with Crippen molar-refractivity contribution < 1.29 is 4.79 Å². The van der Waals surface area contributed by atoms with Gasteiger partial charge in [0.1, 0.15) is 18.2 Å². The molecule has 3 aromatic carbocycles. The fourth-order valence-corrected chi connectivity index (χ4v) is 3.48. The first-order chi connectivity index (χ1) is 15.3. The van der Waals surface area contributed by atoms with E-state index in [1.807, 2.05) is 78.9 Å². The standard InChI is InChI=1S/C23H19N7O/c31-23(21(30-15-24-28-29-30)14-16-6-2-1-3-7-16)25-18-12-10-17(11-13-18)22-26-19-8-4-5-9-20(19)27-22/h1-13,15,21H,14H2,(H,25,31)(H,26,27). The first-order valence-electron chi connectivity index (χ1n) is 9.89. The molecule has 31 heavy (non-hydrogen) atoms. The molecule has 0 radical (unpaired) electrons. The van der Waals surface area contributed by atoms with Crippen LogP contribution in [0.4, 0.5) is 5.69 Å². The maximum absolute atomic E-state index is 13.0. The predicted molar refractivity (Wildman–Crippen MR) is 117 cm³/mol. The summed E-state index contributed by atoms with van der Waals surface area (Å²) in [4.78, 5) is 21.0. The van der Waals surface area contributed by atoms with E-state index in [0.29, 0.717) is 12.1 Å². The van der Waals surface area contributed by atoms with Crippen LogP contribution >= 0.6 is 0 Å². The largest absolute Gasteiger partial charge is 0.338 e. The number of rotatable bonds is 6. The highest BCUT2D eigenvalue weighted by atomic mass is 16.2. The molecule has 0 aliphatic heterocycles. The Morgan fingerprint density at radius 2 is 1.74 bits per heavy atom. The number of hydrogen-bond acceptors (Lipinski definition) is 5. The number of fused-ring (bicyclic) bond motifs is 1. The molecule has 8 heteroatoms. The lowest BCUT2D eigenvalue weighted by molar-refractivity contribution is -0.119. The zero-order valence-corrected chi connectivity index (χ0v) is 16.5. The van der Waals surface area contributed by atoms with Crippen molar-refractivity contribution in [2.24, 2.45) is 0 Å². The van der Waals surface area contributed by atoms with Gasteiger partial charge in [-0.05, 0) is 52.4 Å². The summed E-state index contributed by atoms with van der Waals surface area (Å²) in [5, 5.41) is 14.3. The minimum atomic E-state index is -0.563. The van der Waals surface area contributed by atoms with Crippen LogP contribution in [0.5, 0.6) is 0 Å². The Bertz CT molecular complexity index is 1260. The zero-order chi connectivity index (χ0) is 21.0. The Morgan fingerprint density at radius 3 is 2.48 bits per heavy atom. The van der Waals surface area contributed by atoms with E-state index in [4.69, 9.17) is 0 Å². The average molecular weight is 409 g/mol. The summed E-state index contributed by atoms with van der Waals surface area (Å²) in [5.41, 5.74) is 4.56. The molecule has 8 nitrogen and oxygen atoms in total. The van der Waals surface area contributed by atoms with Crippen LogP contribution in [0.2, 0.25) is 0 Å². The van der Waals surface area contributed by atoms with Crippen LogP contribution < -0.4 is 5.32 Å². The summed E-state index contributed by atoms with van der Waals surface area (Å²) in [7, 11) is 0. The fraction of sp³-hybridized carbons (Fsp3) is 0.0870. The van der Waals surface area contributed by atoms with Crippen molar-refractivity contribution in [2.75, 3.05) is 5.32 Å². The number of carbonyl (C=O) groups excluding carboxylic acids is 1. The lowest BCUT2D eigenvalue weighted by Crippen LogP contribution is -2.28. The van der Waals surface area contributed by atoms with E-state index in [2.05, 4.69) is 30.8 Å². The number of nitrogens with one attached hydrogen (secondary N) is 2. The maximum atomic E-state index is 13.0. The molecule has 1 atom stereocenters. The van der Waals surface area contributed by atoms with E-state index in [1.165, 1.54) is 11.0 Å². The minimum Gasteiger partial charge on any atom is -0.338 e. The van der Waals surface area contributed by atoms with Crippen molar-refractivity contribution in [1.29, 1.82) is 0 Å². The number of aromatic amines is 1. The molecule has 2 aromatic heterocycles. The topological polar surface area (TPSA) is 101 Å². The van der Waals surface area contributed by atoms with Gasteiger partial charge in [-0.1, -0.05) is 42.5 Å². The van der Waals surface area contributed by atoms with Crippen molar-refractivity contribution in [3.63, 3.8) is 0 Å². The average Bonchev–Trinajstić information content (AvgIpc) is 3.49. The lowest BCUT2D eigenvalue weighted by atomic mass is 10.1. The number of nitrogens with zero attached hydrogens (tertiary/aromatic N) is 5. The molecule has 0 saturated carbocycles. The van der Waals surface area contributed by atoms with E-state index in [-0.39, 0.29) is 5.91 Å². The molecule has 0 aliphatic rings. The Kier molecular flexibility index (Phi) is 4.94.